The number of amides is 1. The molecule has 10 heteroatoms. The van der Waals surface area contributed by atoms with Crippen LogP contribution < -0.4 is 5.73 Å². The minimum atomic E-state index is -4.79. The number of likely N-dealkylation sites (tertiary alicyclic amines) is 1. The van der Waals surface area contributed by atoms with Crippen LogP contribution >= 0.6 is 12.4 Å². The number of benzene rings is 1. The lowest BCUT2D eigenvalue weighted by Gasteiger charge is -2.15. The predicted molar refractivity (Wildman–Crippen MR) is 84.7 cm³/mol. The van der Waals surface area contributed by atoms with Crippen LogP contribution in [0.2, 0.25) is 0 Å². The van der Waals surface area contributed by atoms with Gasteiger partial charge in [0.05, 0.1) is 11.3 Å². The highest BCUT2D eigenvalue weighted by Gasteiger charge is 2.35. The van der Waals surface area contributed by atoms with Crippen molar-refractivity contribution >= 4 is 28.2 Å². The van der Waals surface area contributed by atoms with Crippen molar-refractivity contribution < 1.29 is 26.4 Å². The fraction of sp³-hybridized carbons (Fsp3) is 0.500. The molecule has 1 saturated heterocycles. The molecule has 2 rings (SSSR count). The second kappa shape index (κ2) is 7.71. The Morgan fingerprint density at radius 2 is 1.83 bits per heavy atom. The van der Waals surface area contributed by atoms with Gasteiger partial charge >= 0.3 is 6.18 Å². The van der Waals surface area contributed by atoms with Gasteiger partial charge < -0.3 is 10.6 Å². The Morgan fingerprint density at radius 3 is 2.29 bits per heavy atom. The van der Waals surface area contributed by atoms with Gasteiger partial charge in [-0.15, -0.1) is 12.4 Å². The number of hydrogen-bond donors (Lipinski definition) is 1. The van der Waals surface area contributed by atoms with Crippen LogP contribution in [0.1, 0.15) is 12.0 Å². The van der Waals surface area contributed by atoms with E-state index in [0.29, 0.717) is 18.7 Å². The number of alkyl halides is 3. The summed E-state index contributed by atoms with van der Waals surface area (Å²) in [4.78, 5) is 13.2. The average molecular weight is 387 g/mol. The Balaban J connectivity index is 0.00000288. The lowest BCUT2D eigenvalue weighted by molar-refractivity contribution is -0.129. The van der Waals surface area contributed by atoms with Crippen LogP contribution in [0.25, 0.3) is 0 Å². The maximum atomic E-state index is 12.3. The predicted octanol–water partition coefficient (Wildman–Crippen LogP) is 1.55. The third-order valence-electron chi connectivity index (χ3n) is 3.57. The van der Waals surface area contributed by atoms with Crippen molar-refractivity contribution in [2.45, 2.75) is 30.0 Å². The van der Waals surface area contributed by atoms with Crippen LogP contribution in [0, 0.1) is 0 Å². The molecule has 136 valence electrons. The van der Waals surface area contributed by atoms with Crippen molar-refractivity contribution in [3.63, 3.8) is 0 Å². The summed E-state index contributed by atoms with van der Waals surface area (Å²) in [5.74, 6) is -2.03. The summed E-state index contributed by atoms with van der Waals surface area (Å²) in [6.07, 6.45) is -3.99. The Labute approximate surface area is 144 Å². The van der Waals surface area contributed by atoms with Gasteiger partial charge in [-0.2, -0.15) is 13.2 Å². The molecule has 24 heavy (non-hydrogen) atoms. The van der Waals surface area contributed by atoms with Crippen LogP contribution in [0.15, 0.2) is 29.2 Å². The fourth-order valence-electron chi connectivity index (χ4n) is 2.41. The number of rotatable bonds is 4. The van der Waals surface area contributed by atoms with Gasteiger partial charge in [0.2, 0.25) is 5.91 Å². The molecule has 0 bridgehead atoms. The van der Waals surface area contributed by atoms with Crippen LogP contribution in [0.5, 0.6) is 0 Å². The van der Waals surface area contributed by atoms with Gasteiger partial charge in [-0.1, -0.05) is 12.1 Å². The van der Waals surface area contributed by atoms with E-state index in [0.717, 1.165) is 18.6 Å². The quantitative estimate of drug-likeness (QED) is 0.851. The van der Waals surface area contributed by atoms with Gasteiger partial charge in [-0.25, -0.2) is 8.42 Å². The molecule has 0 radical (unpaired) electrons. The molecular weight excluding hydrogens is 369 g/mol. The molecule has 1 aromatic carbocycles. The summed E-state index contributed by atoms with van der Waals surface area (Å²) >= 11 is 0. The lowest BCUT2D eigenvalue weighted by Crippen LogP contribution is -2.32. The third-order valence-corrected chi connectivity index (χ3v) is 5.27. The zero-order chi connectivity index (χ0) is 17.3. The maximum absolute atomic E-state index is 12.3. The molecule has 1 aromatic rings. The third kappa shape index (κ3) is 5.64. The molecule has 1 fully saturated rings. The van der Waals surface area contributed by atoms with Gasteiger partial charge in [0, 0.05) is 19.1 Å². The number of carbonyl (C=O) groups is 1. The minimum Gasteiger partial charge on any atom is -0.341 e. The highest BCUT2D eigenvalue weighted by Crippen LogP contribution is 2.23. The molecule has 2 N–H and O–H groups in total. The fourth-order valence-corrected chi connectivity index (χ4v) is 3.56. The molecule has 0 spiro atoms. The van der Waals surface area contributed by atoms with Crippen molar-refractivity contribution in [3.8, 4) is 0 Å². The molecule has 0 unspecified atom stereocenters. The first-order valence-corrected chi connectivity index (χ1v) is 8.64. The molecule has 0 saturated carbocycles. The summed E-state index contributed by atoms with van der Waals surface area (Å²) in [5.41, 5.74) is 6.26. The molecular formula is C14H18ClF3N2O3S. The van der Waals surface area contributed by atoms with E-state index in [1.54, 1.807) is 4.90 Å². The van der Waals surface area contributed by atoms with Crippen molar-refractivity contribution in [2.75, 3.05) is 18.8 Å². The second-order valence-electron chi connectivity index (χ2n) is 5.58. The number of nitrogens with two attached hydrogens (primary N) is 1. The SMILES string of the molecule is Cl.N[C@@H]1CCN(C(=O)Cc2ccc(S(=O)(=O)CC(F)(F)F)cc2)C1. The smallest absolute Gasteiger partial charge is 0.341 e. The second-order valence-corrected chi connectivity index (χ2v) is 7.57. The normalized spacial score (nSPS) is 18.3. The summed E-state index contributed by atoms with van der Waals surface area (Å²) in [6, 6.07) is 4.88. The van der Waals surface area contributed by atoms with Gasteiger partial charge in [0.15, 0.2) is 15.6 Å². The van der Waals surface area contributed by atoms with Crippen molar-refractivity contribution in [2.24, 2.45) is 5.73 Å². The van der Waals surface area contributed by atoms with Crippen LogP contribution in [0.4, 0.5) is 13.2 Å². The van der Waals surface area contributed by atoms with E-state index in [1.165, 1.54) is 12.1 Å². The summed E-state index contributed by atoms with van der Waals surface area (Å²) in [6.45, 7) is 1.06. The zero-order valence-corrected chi connectivity index (χ0v) is 14.3. The molecule has 1 amide bonds. The number of halogens is 4. The average Bonchev–Trinajstić information content (AvgIpc) is 2.83. The van der Waals surface area contributed by atoms with Crippen LogP contribution in [-0.4, -0.2) is 50.3 Å². The van der Waals surface area contributed by atoms with E-state index >= 15 is 0 Å². The molecule has 5 nitrogen and oxygen atoms in total. The molecule has 1 atom stereocenters. The van der Waals surface area contributed by atoms with Crippen molar-refractivity contribution in [1.82, 2.24) is 4.90 Å². The minimum absolute atomic E-state index is 0. The monoisotopic (exact) mass is 386 g/mol. The van der Waals surface area contributed by atoms with Gasteiger partial charge in [0.1, 0.15) is 0 Å². The van der Waals surface area contributed by atoms with Gasteiger partial charge in [0.25, 0.3) is 0 Å². The Morgan fingerprint density at radius 1 is 1.25 bits per heavy atom. The molecule has 0 aliphatic carbocycles. The lowest BCUT2D eigenvalue weighted by atomic mass is 10.1. The Hall–Kier alpha value is -1.32. The van der Waals surface area contributed by atoms with Crippen molar-refractivity contribution in [3.05, 3.63) is 29.8 Å². The number of hydrogen-bond acceptors (Lipinski definition) is 4. The van der Waals surface area contributed by atoms with Crippen LogP contribution in [-0.2, 0) is 21.1 Å². The number of sulfone groups is 1. The first-order chi connectivity index (χ1) is 10.6. The molecule has 1 heterocycles. The van der Waals surface area contributed by atoms with Crippen LogP contribution in [0.3, 0.4) is 0 Å². The van der Waals surface area contributed by atoms with Crippen molar-refractivity contribution in [1.29, 1.82) is 0 Å². The maximum Gasteiger partial charge on any atom is 0.403 e. The van der Waals surface area contributed by atoms with E-state index in [9.17, 15) is 26.4 Å². The molecule has 0 aromatic heterocycles. The molecule has 1 aliphatic rings. The topological polar surface area (TPSA) is 80.5 Å². The van der Waals surface area contributed by atoms with Gasteiger partial charge in [-0.3, -0.25) is 4.79 Å². The summed E-state index contributed by atoms with van der Waals surface area (Å²) < 4.78 is 60.0. The first kappa shape index (κ1) is 20.7. The van der Waals surface area contributed by atoms with E-state index in [1.807, 2.05) is 0 Å². The Kier molecular flexibility index (Phi) is 6.66. The van der Waals surface area contributed by atoms with E-state index < -0.39 is 26.7 Å². The summed E-state index contributed by atoms with van der Waals surface area (Å²) in [7, 11) is -4.42. The highest BCUT2D eigenvalue weighted by molar-refractivity contribution is 7.91. The zero-order valence-electron chi connectivity index (χ0n) is 12.6. The number of nitrogens with zero attached hydrogens (tertiary/aromatic N) is 1. The highest BCUT2D eigenvalue weighted by atomic mass is 35.5. The van der Waals surface area contributed by atoms with Gasteiger partial charge in [-0.05, 0) is 24.1 Å². The summed E-state index contributed by atoms with van der Waals surface area (Å²) in [5, 5.41) is 0. The molecule has 1 aliphatic heterocycles. The number of carbonyl (C=O) groups excluding carboxylic acids is 1. The van der Waals surface area contributed by atoms with E-state index in [4.69, 9.17) is 5.73 Å². The standard InChI is InChI=1S/C14H17F3N2O3S.ClH/c15-14(16,17)9-23(21,22)12-3-1-10(2-4-12)7-13(20)19-6-5-11(18)8-19;/h1-4,11H,5-9,18H2;1H/t11-;/m1./s1. The van der Waals surface area contributed by atoms with E-state index in [2.05, 4.69) is 0 Å². The van der Waals surface area contributed by atoms with E-state index in [-0.39, 0.29) is 30.8 Å². The first-order valence-electron chi connectivity index (χ1n) is 6.99. The largest absolute Gasteiger partial charge is 0.403 e. The Bertz CT molecular complexity index is 678.